The lowest BCUT2D eigenvalue weighted by atomic mass is 9.94. The molecule has 2 aromatic carbocycles. The summed E-state index contributed by atoms with van der Waals surface area (Å²) in [6.45, 7) is 6.69. The van der Waals surface area contributed by atoms with Gasteiger partial charge in [0.1, 0.15) is 0 Å². The maximum absolute atomic E-state index is 12.5. The highest BCUT2D eigenvalue weighted by atomic mass is 16.2. The van der Waals surface area contributed by atoms with Gasteiger partial charge in [-0.05, 0) is 54.5 Å². The molecular weight excluding hydrogens is 374 g/mol. The van der Waals surface area contributed by atoms with Gasteiger partial charge in [-0.2, -0.15) is 0 Å². The molecule has 3 N–H and O–H groups in total. The SMILES string of the molecule is CCCc1ccc(C(NCC(=O)Nc2cccc(C(=O)NC3CC3)c2)C(C)C)cc1. The fraction of sp³-hybridized carbons (Fsp3) is 0.440. The van der Waals surface area contributed by atoms with E-state index in [4.69, 9.17) is 0 Å². The molecule has 1 fully saturated rings. The van der Waals surface area contributed by atoms with Crippen molar-refractivity contribution in [2.45, 2.75) is 58.5 Å². The molecule has 1 aliphatic rings. The van der Waals surface area contributed by atoms with Crippen molar-refractivity contribution in [1.82, 2.24) is 10.6 Å². The summed E-state index contributed by atoms with van der Waals surface area (Å²) in [7, 11) is 0. The monoisotopic (exact) mass is 407 g/mol. The third-order valence-corrected chi connectivity index (χ3v) is 5.35. The van der Waals surface area contributed by atoms with E-state index in [1.807, 2.05) is 0 Å². The lowest BCUT2D eigenvalue weighted by molar-refractivity contribution is -0.115. The van der Waals surface area contributed by atoms with Crippen LogP contribution in [0.25, 0.3) is 0 Å². The van der Waals surface area contributed by atoms with Crippen molar-refractivity contribution in [1.29, 1.82) is 0 Å². The quantitative estimate of drug-likeness (QED) is 0.545. The first-order chi connectivity index (χ1) is 14.5. The Bertz CT molecular complexity index is 857. The van der Waals surface area contributed by atoms with Gasteiger partial charge >= 0.3 is 0 Å². The standard InChI is InChI=1S/C25H33N3O2/c1-4-6-18-9-11-19(12-10-18)24(17(2)3)26-16-23(29)27-22-8-5-7-20(15-22)25(30)28-21-13-14-21/h5,7-12,15,17,21,24,26H,4,6,13-14,16H2,1-3H3,(H,27,29)(H,28,30). The summed E-state index contributed by atoms with van der Waals surface area (Å²) >= 11 is 0. The van der Waals surface area contributed by atoms with Crippen LogP contribution < -0.4 is 16.0 Å². The largest absolute Gasteiger partial charge is 0.349 e. The predicted molar refractivity (Wildman–Crippen MR) is 122 cm³/mol. The Morgan fingerprint density at radius 1 is 1.07 bits per heavy atom. The minimum Gasteiger partial charge on any atom is -0.349 e. The number of carbonyl (C=O) groups is 2. The van der Waals surface area contributed by atoms with E-state index in [0.717, 1.165) is 25.7 Å². The van der Waals surface area contributed by atoms with Crippen LogP contribution in [0.1, 0.15) is 67.6 Å². The molecule has 30 heavy (non-hydrogen) atoms. The van der Waals surface area contributed by atoms with Gasteiger partial charge in [0, 0.05) is 23.3 Å². The molecular formula is C25H33N3O2. The number of hydrogen-bond acceptors (Lipinski definition) is 3. The van der Waals surface area contributed by atoms with E-state index in [-0.39, 0.29) is 24.4 Å². The number of carbonyl (C=O) groups excluding carboxylic acids is 2. The summed E-state index contributed by atoms with van der Waals surface area (Å²) in [6.07, 6.45) is 4.31. The van der Waals surface area contributed by atoms with E-state index in [0.29, 0.717) is 23.2 Å². The van der Waals surface area contributed by atoms with Gasteiger partial charge in [-0.15, -0.1) is 0 Å². The molecule has 1 aliphatic carbocycles. The van der Waals surface area contributed by atoms with Crippen LogP contribution in [-0.4, -0.2) is 24.4 Å². The minimum absolute atomic E-state index is 0.0851. The smallest absolute Gasteiger partial charge is 0.251 e. The van der Waals surface area contributed by atoms with Crippen LogP contribution in [0.3, 0.4) is 0 Å². The zero-order valence-electron chi connectivity index (χ0n) is 18.2. The second-order valence-corrected chi connectivity index (χ2v) is 8.47. The van der Waals surface area contributed by atoms with Crippen molar-refractivity contribution in [3.63, 3.8) is 0 Å². The summed E-state index contributed by atoms with van der Waals surface area (Å²) in [5, 5.41) is 9.25. The Morgan fingerprint density at radius 3 is 2.43 bits per heavy atom. The summed E-state index contributed by atoms with van der Waals surface area (Å²) in [5.41, 5.74) is 3.73. The van der Waals surface area contributed by atoms with Crippen LogP contribution in [0, 0.1) is 5.92 Å². The fourth-order valence-corrected chi connectivity index (χ4v) is 3.56. The first-order valence-electron chi connectivity index (χ1n) is 11.0. The Balaban J connectivity index is 1.56. The minimum atomic E-state index is -0.122. The van der Waals surface area contributed by atoms with Crippen molar-refractivity contribution >= 4 is 17.5 Å². The average molecular weight is 408 g/mol. The van der Waals surface area contributed by atoms with E-state index in [1.165, 1.54) is 11.1 Å². The van der Waals surface area contributed by atoms with Crippen LogP contribution in [0.4, 0.5) is 5.69 Å². The van der Waals surface area contributed by atoms with Crippen molar-refractivity contribution in [2.24, 2.45) is 5.92 Å². The molecule has 5 nitrogen and oxygen atoms in total. The van der Waals surface area contributed by atoms with Crippen molar-refractivity contribution in [3.05, 3.63) is 65.2 Å². The molecule has 2 aromatic rings. The lowest BCUT2D eigenvalue weighted by Crippen LogP contribution is -2.33. The summed E-state index contributed by atoms with van der Waals surface area (Å²) in [6, 6.07) is 16.2. The van der Waals surface area contributed by atoms with Crippen LogP contribution in [0.15, 0.2) is 48.5 Å². The Kier molecular flexibility index (Phi) is 7.63. The summed E-state index contributed by atoms with van der Waals surface area (Å²) in [5.74, 6) is 0.144. The molecule has 0 spiro atoms. The Morgan fingerprint density at radius 2 is 1.80 bits per heavy atom. The number of aryl methyl sites for hydroxylation is 1. The topological polar surface area (TPSA) is 70.2 Å². The number of amides is 2. The highest BCUT2D eigenvalue weighted by Gasteiger charge is 2.24. The number of anilines is 1. The van der Waals surface area contributed by atoms with Gasteiger partial charge in [0.15, 0.2) is 0 Å². The first-order valence-corrected chi connectivity index (χ1v) is 11.0. The molecule has 1 saturated carbocycles. The van der Waals surface area contributed by atoms with Gasteiger partial charge in [-0.25, -0.2) is 0 Å². The van der Waals surface area contributed by atoms with Gasteiger partial charge in [0.2, 0.25) is 5.91 Å². The Hall–Kier alpha value is -2.66. The van der Waals surface area contributed by atoms with E-state index >= 15 is 0 Å². The predicted octanol–water partition coefficient (Wildman–Crippen LogP) is 4.46. The number of nitrogens with one attached hydrogen (secondary N) is 3. The van der Waals surface area contributed by atoms with Gasteiger partial charge < -0.3 is 16.0 Å². The molecule has 0 aromatic heterocycles. The molecule has 0 saturated heterocycles. The summed E-state index contributed by atoms with van der Waals surface area (Å²) < 4.78 is 0. The maximum Gasteiger partial charge on any atom is 0.251 e. The zero-order valence-corrected chi connectivity index (χ0v) is 18.2. The van der Waals surface area contributed by atoms with E-state index in [9.17, 15) is 9.59 Å². The van der Waals surface area contributed by atoms with E-state index < -0.39 is 0 Å². The van der Waals surface area contributed by atoms with Gasteiger partial charge in [0.05, 0.1) is 6.54 Å². The number of hydrogen-bond donors (Lipinski definition) is 3. The molecule has 5 heteroatoms. The molecule has 0 aliphatic heterocycles. The van der Waals surface area contributed by atoms with Gasteiger partial charge in [0.25, 0.3) is 5.91 Å². The third-order valence-electron chi connectivity index (χ3n) is 5.35. The highest BCUT2D eigenvalue weighted by molar-refractivity contribution is 5.97. The zero-order chi connectivity index (χ0) is 21.5. The molecule has 0 radical (unpaired) electrons. The molecule has 0 heterocycles. The number of benzene rings is 2. The molecule has 3 rings (SSSR count). The second kappa shape index (κ2) is 10.4. The highest BCUT2D eigenvalue weighted by Crippen LogP contribution is 2.23. The molecule has 160 valence electrons. The van der Waals surface area contributed by atoms with E-state index in [2.05, 4.69) is 61.0 Å². The van der Waals surface area contributed by atoms with Gasteiger partial charge in [-0.3, -0.25) is 9.59 Å². The molecule has 2 amide bonds. The van der Waals surface area contributed by atoms with Crippen LogP contribution in [0.5, 0.6) is 0 Å². The summed E-state index contributed by atoms with van der Waals surface area (Å²) in [4.78, 5) is 24.7. The van der Waals surface area contributed by atoms with Crippen molar-refractivity contribution in [3.8, 4) is 0 Å². The van der Waals surface area contributed by atoms with Crippen molar-refractivity contribution in [2.75, 3.05) is 11.9 Å². The lowest BCUT2D eigenvalue weighted by Gasteiger charge is -2.23. The number of rotatable bonds is 10. The first kappa shape index (κ1) is 22.0. The van der Waals surface area contributed by atoms with Crippen LogP contribution >= 0.6 is 0 Å². The van der Waals surface area contributed by atoms with Crippen LogP contribution in [0.2, 0.25) is 0 Å². The van der Waals surface area contributed by atoms with Gasteiger partial charge in [-0.1, -0.05) is 57.5 Å². The maximum atomic E-state index is 12.5. The van der Waals surface area contributed by atoms with Crippen LogP contribution in [-0.2, 0) is 11.2 Å². The second-order valence-electron chi connectivity index (χ2n) is 8.47. The van der Waals surface area contributed by atoms with Crippen molar-refractivity contribution < 1.29 is 9.59 Å². The fourth-order valence-electron chi connectivity index (χ4n) is 3.56. The average Bonchev–Trinajstić information content (AvgIpc) is 3.53. The van der Waals surface area contributed by atoms with E-state index in [1.54, 1.807) is 24.3 Å². The molecule has 1 unspecified atom stereocenters. The molecule has 1 atom stereocenters. The molecule has 0 bridgehead atoms. The Labute approximate surface area is 179 Å². The third kappa shape index (κ3) is 6.42. The normalized spacial score (nSPS) is 14.4.